The van der Waals surface area contributed by atoms with Gasteiger partial charge >= 0.3 is 0 Å². The molecule has 0 spiro atoms. The fourth-order valence-electron chi connectivity index (χ4n) is 1.89. The molecule has 1 aromatic carbocycles. The van der Waals surface area contributed by atoms with Gasteiger partial charge in [0.05, 0.1) is 11.8 Å². The lowest BCUT2D eigenvalue weighted by molar-refractivity contribution is 0.103. The van der Waals surface area contributed by atoms with Crippen LogP contribution in [0.2, 0.25) is 5.02 Å². The highest BCUT2D eigenvalue weighted by Crippen LogP contribution is 2.27. The van der Waals surface area contributed by atoms with Gasteiger partial charge < -0.3 is 9.40 Å². The van der Waals surface area contributed by atoms with Gasteiger partial charge in [-0.25, -0.2) is 0 Å². The molecule has 0 radical (unpaired) electrons. The zero-order valence-electron chi connectivity index (χ0n) is 9.04. The Balaban J connectivity index is 2.16. The molecule has 0 aliphatic carbocycles. The maximum Gasteiger partial charge on any atom is 0.199 e. The van der Waals surface area contributed by atoms with E-state index in [1.807, 2.05) is 6.07 Å². The Morgan fingerprint density at radius 3 is 2.83 bits per heavy atom. The minimum absolute atomic E-state index is 0.0933. The number of hydrogen-bond acceptors (Lipinski definition) is 2. The predicted octanol–water partition coefficient (Wildman–Crippen LogP) is 4.41. The highest BCUT2D eigenvalue weighted by Gasteiger charge is 2.18. The quantitative estimate of drug-likeness (QED) is 0.710. The zero-order chi connectivity index (χ0) is 12.7. The van der Waals surface area contributed by atoms with Crippen molar-refractivity contribution < 1.29 is 9.21 Å². The molecule has 0 atom stereocenters. The highest BCUT2D eigenvalue weighted by molar-refractivity contribution is 9.10. The molecule has 0 bridgehead atoms. The first-order chi connectivity index (χ1) is 8.66. The van der Waals surface area contributed by atoms with E-state index < -0.39 is 0 Å². The molecule has 0 aliphatic rings. The molecular formula is C13H7BrClNO2. The molecule has 1 N–H and O–H groups in total. The molecule has 0 amide bonds. The Labute approximate surface area is 116 Å². The topological polar surface area (TPSA) is 46.0 Å². The molecule has 2 aromatic heterocycles. The normalized spacial score (nSPS) is 11.0. The molecule has 2 heterocycles. The minimum Gasteiger partial charge on any atom is -0.457 e. The number of benzene rings is 1. The summed E-state index contributed by atoms with van der Waals surface area (Å²) >= 11 is 9.11. The van der Waals surface area contributed by atoms with Crippen molar-refractivity contribution in [3.63, 3.8) is 0 Å². The lowest BCUT2D eigenvalue weighted by Gasteiger charge is -1.97. The van der Waals surface area contributed by atoms with Crippen LogP contribution in [0.5, 0.6) is 0 Å². The first-order valence-electron chi connectivity index (χ1n) is 5.21. The van der Waals surface area contributed by atoms with Crippen molar-refractivity contribution in [1.29, 1.82) is 0 Å². The second-order valence-electron chi connectivity index (χ2n) is 3.83. The Morgan fingerprint density at radius 1 is 1.28 bits per heavy atom. The first-order valence-corrected chi connectivity index (χ1v) is 6.38. The van der Waals surface area contributed by atoms with Gasteiger partial charge in [-0.1, -0.05) is 17.7 Å². The number of H-pyrrole nitrogens is 1. The van der Waals surface area contributed by atoms with Crippen molar-refractivity contribution in [2.75, 3.05) is 0 Å². The van der Waals surface area contributed by atoms with Crippen LogP contribution in [-0.4, -0.2) is 10.8 Å². The number of furan rings is 1. The summed E-state index contributed by atoms with van der Waals surface area (Å²) in [5.74, 6) is -0.0933. The van der Waals surface area contributed by atoms with Gasteiger partial charge in [0.15, 0.2) is 10.5 Å². The van der Waals surface area contributed by atoms with Crippen molar-refractivity contribution in [2.24, 2.45) is 0 Å². The van der Waals surface area contributed by atoms with E-state index in [1.54, 1.807) is 24.4 Å². The number of nitrogens with one attached hydrogen (secondary N) is 1. The van der Waals surface area contributed by atoms with Crippen LogP contribution in [0.3, 0.4) is 0 Å². The van der Waals surface area contributed by atoms with Crippen LogP contribution in [0.15, 0.2) is 45.8 Å². The Hall–Kier alpha value is -1.52. The maximum atomic E-state index is 12.3. The summed E-state index contributed by atoms with van der Waals surface area (Å²) in [6.45, 7) is 0. The molecule has 90 valence electrons. The second-order valence-corrected chi connectivity index (χ2v) is 4.99. The number of carbonyl (C=O) groups is 1. The lowest BCUT2D eigenvalue weighted by atomic mass is 10.1. The molecule has 0 unspecified atom stereocenters. The third-order valence-electron chi connectivity index (χ3n) is 2.75. The average Bonchev–Trinajstić information content (AvgIpc) is 2.94. The molecule has 5 heteroatoms. The summed E-state index contributed by atoms with van der Waals surface area (Å²) in [4.78, 5) is 15.4. The van der Waals surface area contributed by atoms with Crippen LogP contribution in [0.1, 0.15) is 15.9 Å². The van der Waals surface area contributed by atoms with E-state index >= 15 is 0 Å². The van der Waals surface area contributed by atoms with E-state index in [-0.39, 0.29) is 5.78 Å². The van der Waals surface area contributed by atoms with E-state index in [0.29, 0.717) is 20.8 Å². The van der Waals surface area contributed by atoms with E-state index in [1.165, 1.54) is 6.26 Å². The molecule has 3 rings (SSSR count). The van der Waals surface area contributed by atoms with Gasteiger partial charge in [0.25, 0.3) is 0 Å². The summed E-state index contributed by atoms with van der Waals surface area (Å²) in [5.41, 5.74) is 1.94. The maximum absolute atomic E-state index is 12.3. The lowest BCUT2D eigenvalue weighted by Crippen LogP contribution is -1.99. The van der Waals surface area contributed by atoms with Gasteiger partial charge in [-0.2, -0.15) is 0 Å². The van der Waals surface area contributed by atoms with Crippen molar-refractivity contribution in [3.8, 4) is 0 Å². The first kappa shape index (κ1) is 11.6. The number of hydrogen-bond donors (Lipinski definition) is 1. The molecule has 0 fully saturated rings. The summed E-state index contributed by atoms with van der Waals surface area (Å²) < 4.78 is 5.52. The Bertz CT molecular complexity index is 744. The fourth-order valence-corrected chi connectivity index (χ4v) is 2.48. The van der Waals surface area contributed by atoms with Crippen LogP contribution < -0.4 is 0 Å². The predicted molar refractivity (Wildman–Crippen MR) is 73.1 cm³/mol. The number of halogens is 2. The largest absolute Gasteiger partial charge is 0.457 e. The fraction of sp³-hybridized carbons (Fsp3) is 0. The average molecular weight is 325 g/mol. The molecule has 3 nitrogen and oxygen atoms in total. The van der Waals surface area contributed by atoms with Crippen molar-refractivity contribution >= 4 is 44.2 Å². The van der Waals surface area contributed by atoms with Gasteiger partial charge in [0.1, 0.15) is 0 Å². The van der Waals surface area contributed by atoms with Gasteiger partial charge in [0.2, 0.25) is 0 Å². The van der Waals surface area contributed by atoms with Crippen molar-refractivity contribution in [1.82, 2.24) is 4.98 Å². The smallest absolute Gasteiger partial charge is 0.199 e. The van der Waals surface area contributed by atoms with Gasteiger partial charge in [-0.15, -0.1) is 0 Å². The second kappa shape index (κ2) is 4.30. The van der Waals surface area contributed by atoms with E-state index in [4.69, 9.17) is 16.0 Å². The highest BCUT2D eigenvalue weighted by atomic mass is 79.9. The van der Waals surface area contributed by atoms with Crippen molar-refractivity contribution in [2.45, 2.75) is 0 Å². The number of carbonyl (C=O) groups excluding carboxylic acids is 1. The third-order valence-corrected chi connectivity index (χ3v) is 3.60. The van der Waals surface area contributed by atoms with Crippen LogP contribution in [0, 0.1) is 0 Å². The molecule has 3 aromatic rings. The Morgan fingerprint density at radius 2 is 2.11 bits per heavy atom. The van der Waals surface area contributed by atoms with E-state index in [9.17, 15) is 4.79 Å². The molecule has 0 aliphatic heterocycles. The third kappa shape index (κ3) is 1.78. The molecule has 0 saturated heterocycles. The zero-order valence-corrected chi connectivity index (χ0v) is 11.4. The van der Waals surface area contributed by atoms with Crippen LogP contribution in [0.25, 0.3) is 10.9 Å². The van der Waals surface area contributed by atoms with Gasteiger partial charge in [0, 0.05) is 27.7 Å². The number of aromatic nitrogens is 1. The SMILES string of the molecule is O=C(c1ccoc1Br)c1c[nH]c2cc(Cl)ccc12. The number of rotatable bonds is 2. The van der Waals surface area contributed by atoms with E-state index in [0.717, 1.165) is 10.9 Å². The van der Waals surface area contributed by atoms with E-state index in [2.05, 4.69) is 20.9 Å². The van der Waals surface area contributed by atoms with Crippen LogP contribution in [0.4, 0.5) is 0 Å². The standard InChI is InChI=1S/C13H7BrClNO2/c14-13-9(3-4-18-13)12(17)10-6-16-11-5-7(15)1-2-8(10)11/h1-6,16H. The summed E-state index contributed by atoms with van der Waals surface area (Å²) in [6, 6.07) is 7.02. The number of fused-ring (bicyclic) bond motifs is 1. The summed E-state index contributed by atoms with van der Waals surface area (Å²) in [6.07, 6.45) is 3.16. The molecule has 18 heavy (non-hydrogen) atoms. The minimum atomic E-state index is -0.0933. The number of ketones is 1. The summed E-state index contributed by atoms with van der Waals surface area (Å²) in [7, 11) is 0. The number of aromatic amines is 1. The summed E-state index contributed by atoms with van der Waals surface area (Å²) in [5, 5.41) is 1.48. The molecule has 0 saturated carbocycles. The van der Waals surface area contributed by atoms with Crippen molar-refractivity contribution in [3.05, 3.63) is 57.5 Å². The molecular weight excluding hydrogens is 318 g/mol. The van der Waals surface area contributed by atoms with Crippen LogP contribution in [-0.2, 0) is 0 Å². The van der Waals surface area contributed by atoms with Gasteiger partial charge in [-0.3, -0.25) is 4.79 Å². The van der Waals surface area contributed by atoms with Crippen LogP contribution >= 0.6 is 27.5 Å². The monoisotopic (exact) mass is 323 g/mol. The Kier molecular flexibility index (Phi) is 2.76. The van der Waals surface area contributed by atoms with Gasteiger partial charge in [-0.05, 0) is 34.1 Å².